The number of benzene rings is 2. The first-order chi connectivity index (χ1) is 10.7. The zero-order valence-electron chi connectivity index (χ0n) is 12.5. The highest BCUT2D eigenvalue weighted by atomic mass is 16.5. The highest BCUT2D eigenvalue weighted by Gasteiger charge is 2.15. The second kappa shape index (κ2) is 7.98. The van der Waals surface area contributed by atoms with Crippen LogP contribution in [0.2, 0.25) is 0 Å². The van der Waals surface area contributed by atoms with Crippen LogP contribution in [0.3, 0.4) is 0 Å². The summed E-state index contributed by atoms with van der Waals surface area (Å²) in [4.78, 5) is 22.9. The number of carbonyl (C=O) groups excluding carboxylic acids is 2. The lowest BCUT2D eigenvalue weighted by atomic mass is 10.1. The summed E-state index contributed by atoms with van der Waals surface area (Å²) in [5, 5.41) is 0. The van der Waals surface area contributed by atoms with Crippen molar-refractivity contribution in [3.63, 3.8) is 0 Å². The fourth-order valence-corrected chi connectivity index (χ4v) is 1.91. The normalized spacial score (nSPS) is 10.0. The molecule has 0 saturated heterocycles. The van der Waals surface area contributed by atoms with E-state index in [4.69, 9.17) is 4.74 Å². The Morgan fingerprint density at radius 3 is 2.23 bits per heavy atom. The maximum absolute atomic E-state index is 11.6. The molecule has 0 spiro atoms. The Morgan fingerprint density at radius 1 is 0.909 bits per heavy atom. The largest absolute Gasteiger partial charge is 0.489 e. The molecule has 0 bridgehead atoms. The van der Waals surface area contributed by atoms with Crippen molar-refractivity contribution in [2.75, 3.05) is 6.61 Å². The summed E-state index contributed by atoms with van der Waals surface area (Å²) in [6, 6.07) is 17.0. The molecule has 0 aliphatic carbocycles. The van der Waals surface area contributed by atoms with Gasteiger partial charge in [-0.05, 0) is 30.2 Å². The summed E-state index contributed by atoms with van der Waals surface area (Å²) in [5.74, 6) is -0.608. The van der Waals surface area contributed by atoms with Crippen molar-refractivity contribution in [3.05, 3.63) is 65.7 Å². The van der Waals surface area contributed by atoms with Gasteiger partial charge in [0.25, 0.3) is 0 Å². The van der Waals surface area contributed by atoms with Gasteiger partial charge in [-0.3, -0.25) is 4.79 Å². The van der Waals surface area contributed by atoms with Crippen LogP contribution >= 0.6 is 0 Å². The number of hydrogen-bond acceptors (Lipinski definition) is 4. The van der Waals surface area contributed by atoms with Crippen molar-refractivity contribution >= 4 is 11.8 Å². The molecule has 0 aliphatic rings. The summed E-state index contributed by atoms with van der Waals surface area (Å²) in [6.45, 7) is 2.36. The lowest BCUT2D eigenvalue weighted by Gasteiger charge is -2.07. The number of hydrogen-bond donors (Lipinski definition) is 0. The van der Waals surface area contributed by atoms with Crippen LogP contribution in [0, 0.1) is 0 Å². The Labute approximate surface area is 129 Å². The molecule has 0 aliphatic heterocycles. The van der Waals surface area contributed by atoms with Gasteiger partial charge in [-0.25, -0.2) is 4.79 Å². The Bertz CT molecular complexity index is 617. The first-order valence-corrected chi connectivity index (χ1v) is 7.14. The third-order valence-corrected chi connectivity index (χ3v) is 3.04. The number of carbonyl (C=O) groups is 2. The van der Waals surface area contributed by atoms with E-state index >= 15 is 0 Å². The third-order valence-electron chi connectivity index (χ3n) is 3.04. The lowest BCUT2D eigenvalue weighted by Crippen LogP contribution is -2.19. The van der Waals surface area contributed by atoms with E-state index in [9.17, 15) is 9.59 Å². The molecule has 0 saturated carbocycles. The summed E-state index contributed by atoms with van der Waals surface area (Å²) >= 11 is 0. The van der Waals surface area contributed by atoms with Crippen LogP contribution in [0.1, 0.15) is 18.1 Å². The number of ketones is 1. The van der Waals surface area contributed by atoms with Crippen molar-refractivity contribution in [2.24, 2.45) is 0 Å². The van der Waals surface area contributed by atoms with Gasteiger partial charge in [0.1, 0.15) is 12.4 Å². The molecule has 0 fully saturated rings. The molecule has 2 aromatic rings. The summed E-state index contributed by atoms with van der Waals surface area (Å²) in [7, 11) is 0. The first kappa shape index (κ1) is 15.8. The molecule has 0 atom stereocenters. The van der Waals surface area contributed by atoms with Gasteiger partial charge in [0.15, 0.2) is 0 Å². The molecule has 2 rings (SSSR count). The molecule has 4 heteroatoms. The Kier molecular flexibility index (Phi) is 5.72. The van der Waals surface area contributed by atoms with E-state index < -0.39 is 11.8 Å². The molecule has 22 heavy (non-hydrogen) atoms. The van der Waals surface area contributed by atoms with Crippen molar-refractivity contribution in [3.8, 4) is 5.75 Å². The Morgan fingerprint density at radius 2 is 1.59 bits per heavy atom. The van der Waals surface area contributed by atoms with Crippen LogP contribution < -0.4 is 4.74 Å². The third kappa shape index (κ3) is 4.74. The zero-order valence-corrected chi connectivity index (χ0v) is 12.5. The molecule has 0 N–H and O–H groups in total. The van der Waals surface area contributed by atoms with Gasteiger partial charge in [-0.15, -0.1) is 0 Å². The van der Waals surface area contributed by atoms with Crippen LogP contribution in [0.15, 0.2) is 54.6 Å². The van der Waals surface area contributed by atoms with E-state index in [0.29, 0.717) is 6.61 Å². The molecule has 2 aromatic carbocycles. The number of ether oxygens (including phenoxy) is 2. The highest BCUT2D eigenvalue weighted by Crippen LogP contribution is 2.15. The minimum Gasteiger partial charge on any atom is -0.489 e. The van der Waals surface area contributed by atoms with Crippen LogP contribution in [0.4, 0.5) is 0 Å². The van der Waals surface area contributed by atoms with E-state index in [-0.39, 0.29) is 13.0 Å². The molecule has 0 aromatic heterocycles. The van der Waals surface area contributed by atoms with Crippen LogP contribution in [-0.4, -0.2) is 18.4 Å². The monoisotopic (exact) mass is 298 g/mol. The minimum absolute atomic E-state index is 0.0395. The predicted octanol–water partition coefficient (Wildman–Crippen LogP) is 2.94. The lowest BCUT2D eigenvalue weighted by molar-refractivity contribution is -0.153. The average Bonchev–Trinajstić information content (AvgIpc) is 2.55. The maximum atomic E-state index is 11.6. The molecule has 4 nitrogen and oxygen atoms in total. The van der Waals surface area contributed by atoms with E-state index in [0.717, 1.165) is 16.9 Å². The van der Waals surface area contributed by atoms with Gasteiger partial charge < -0.3 is 9.47 Å². The summed E-state index contributed by atoms with van der Waals surface area (Å²) in [5.41, 5.74) is 1.84. The molecule has 114 valence electrons. The first-order valence-electron chi connectivity index (χ1n) is 7.14. The van der Waals surface area contributed by atoms with E-state index in [2.05, 4.69) is 4.74 Å². The minimum atomic E-state index is -0.785. The number of esters is 1. The molecule has 0 unspecified atom stereocenters. The van der Waals surface area contributed by atoms with E-state index in [1.165, 1.54) is 0 Å². The van der Waals surface area contributed by atoms with Crippen molar-refractivity contribution in [1.82, 2.24) is 0 Å². The van der Waals surface area contributed by atoms with Gasteiger partial charge in [0.05, 0.1) is 6.61 Å². The Balaban J connectivity index is 1.87. The number of Topliss-reactive ketones (excluding diaryl/α,β-unsaturated/α-hetero) is 1. The predicted molar refractivity (Wildman–Crippen MR) is 82.6 cm³/mol. The molecule has 0 heterocycles. The standard InChI is InChI=1S/C18H18O4/c1-2-21-18(20)17(19)12-14-8-10-16(11-9-14)22-13-15-6-4-3-5-7-15/h3-11H,2,12-13H2,1H3. The second-order valence-electron chi connectivity index (χ2n) is 4.74. The van der Waals surface area contributed by atoms with Crippen molar-refractivity contribution in [2.45, 2.75) is 20.0 Å². The topological polar surface area (TPSA) is 52.6 Å². The van der Waals surface area contributed by atoms with Crippen molar-refractivity contribution in [1.29, 1.82) is 0 Å². The number of rotatable bonds is 7. The van der Waals surface area contributed by atoms with Gasteiger partial charge in [-0.2, -0.15) is 0 Å². The van der Waals surface area contributed by atoms with Crippen LogP contribution in [0.25, 0.3) is 0 Å². The SMILES string of the molecule is CCOC(=O)C(=O)Cc1ccc(OCc2ccccc2)cc1. The molecular formula is C18H18O4. The molecular weight excluding hydrogens is 280 g/mol. The Hall–Kier alpha value is -2.62. The van der Waals surface area contributed by atoms with E-state index in [1.807, 2.05) is 30.3 Å². The van der Waals surface area contributed by atoms with Crippen LogP contribution in [0.5, 0.6) is 5.75 Å². The molecule has 0 radical (unpaired) electrons. The fourth-order valence-electron chi connectivity index (χ4n) is 1.91. The van der Waals surface area contributed by atoms with Crippen molar-refractivity contribution < 1.29 is 19.1 Å². The summed E-state index contributed by atoms with van der Waals surface area (Å²) < 4.78 is 10.3. The highest BCUT2D eigenvalue weighted by molar-refractivity contribution is 6.34. The fraction of sp³-hybridized carbons (Fsp3) is 0.222. The average molecular weight is 298 g/mol. The second-order valence-corrected chi connectivity index (χ2v) is 4.74. The van der Waals surface area contributed by atoms with E-state index in [1.54, 1.807) is 31.2 Å². The molecule has 0 amide bonds. The van der Waals surface area contributed by atoms with Gasteiger partial charge in [0.2, 0.25) is 5.78 Å². The van der Waals surface area contributed by atoms with Gasteiger partial charge in [-0.1, -0.05) is 42.5 Å². The quantitative estimate of drug-likeness (QED) is 0.582. The maximum Gasteiger partial charge on any atom is 0.374 e. The van der Waals surface area contributed by atoms with Crippen LogP contribution in [-0.2, 0) is 27.4 Å². The van der Waals surface area contributed by atoms with Gasteiger partial charge in [0, 0.05) is 6.42 Å². The smallest absolute Gasteiger partial charge is 0.374 e. The van der Waals surface area contributed by atoms with Gasteiger partial charge >= 0.3 is 5.97 Å². The zero-order chi connectivity index (χ0) is 15.8. The summed E-state index contributed by atoms with van der Waals surface area (Å²) in [6.07, 6.45) is 0.0395.